The molecule has 0 aromatic rings. The summed E-state index contributed by atoms with van der Waals surface area (Å²) in [5, 5.41) is 1.78. The van der Waals surface area contributed by atoms with Crippen molar-refractivity contribution < 1.29 is 14.4 Å². The Morgan fingerprint density at radius 1 is 1.42 bits per heavy atom. The van der Waals surface area contributed by atoms with Crippen molar-refractivity contribution in [1.29, 1.82) is 0 Å². The molecule has 3 atom stereocenters. The van der Waals surface area contributed by atoms with E-state index in [9.17, 15) is 4.79 Å². The minimum Gasteiger partial charge on any atom is -0.433 e. The lowest BCUT2D eigenvalue weighted by atomic mass is 9.96. The van der Waals surface area contributed by atoms with E-state index < -0.39 is 6.16 Å². The Bertz CT molecular complexity index is 377. The molecule has 0 radical (unpaired) electrons. The topological polar surface area (TPSA) is 42.0 Å². The van der Waals surface area contributed by atoms with Gasteiger partial charge >= 0.3 is 6.16 Å². The second kappa shape index (κ2) is 4.82. The van der Waals surface area contributed by atoms with Crippen LogP contribution in [0.4, 0.5) is 4.79 Å². The average Bonchev–Trinajstić information content (AvgIpc) is 2.91. The van der Waals surface area contributed by atoms with E-state index in [1.807, 2.05) is 11.8 Å². The molecule has 0 aliphatic carbocycles. The molecule has 3 aliphatic heterocycles. The van der Waals surface area contributed by atoms with Gasteiger partial charge in [-0.3, -0.25) is 4.90 Å². The van der Waals surface area contributed by atoms with E-state index in [-0.39, 0.29) is 0 Å². The van der Waals surface area contributed by atoms with Crippen LogP contribution in [-0.4, -0.2) is 58.5 Å². The van der Waals surface area contributed by atoms with Crippen molar-refractivity contribution in [3.8, 4) is 0 Å². The number of carbonyl (C=O) groups is 1. The second-order valence-corrected chi connectivity index (χ2v) is 7.69. The van der Waals surface area contributed by atoms with Crippen LogP contribution in [0.2, 0.25) is 0 Å². The van der Waals surface area contributed by atoms with Crippen LogP contribution in [0, 0.1) is 5.92 Å². The van der Waals surface area contributed by atoms with Gasteiger partial charge in [-0.15, -0.1) is 16.8 Å². The van der Waals surface area contributed by atoms with Gasteiger partial charge < -0.3 is 9.57 Å². The highest BCUT2D eigenvalue weighted by molar-refractivity contribution is 8.00. The molecule has 0 bridgehead atoms. The Morgan fingerprint density at radius 3 is 2.95 bits per heavy atom. The smallest absolute Gasteiger partial charge is 0.433 e. The summed E-state index contributed by atoms with van der Waals surface area (Å²) in [6.07, 6.45) is 0.642. The van der Waals surface area contributed by atoms with E-state index >= 15 is 0 Å². The Hall–Kier alpha value is -0.460. The van der Waals surface area contributed by atoms with E-state index in [2.05, 4.69) is 18.7 Å². The largest absolute Gasteiger partial charge is 0.527 e. The molecule has 0 saturated carbocycles. The quantitative estimate of drug-likeness (QED) is 0.723. The summed E-state index contributed by atoms with van der Waals surface area (Å²) in [6, 6.07) is 1.21. The standard InChI is InChI=1S/C13H22N2O3S/c1-4-17-12(16)18-14-6-9-5-11-13(2,3)19-8-15(11)10(9)7-14/h9-11H,4-8H2,1-3H3. The fourth-order valence-corrected chi connectivity index (χ4v) is 4.88. The van der Waals surface area contributed by atoms with Gasteiger partial charge in [0.15, 0.2) is 0 Å². The SMILES string of the molecule is CCOC(=O)ON1CC2CC3N(CSC3(C)C)C2C1. The number of ether oxygens (including phenoxy) is 1. The van der Waals surface area contributed by atoms with Gasteiger partial charge in [-0.1, -0.05) is 0 Å². The molecule has 0 amide bonds. The lowest BCUT2D eigenvalue weighted by molar-refractivity contribution is -0.118. The van der Waals surface area contributed by atoms with Crippen LogP contribution in [-0.2, 0) is 9.57 Å². The summed E-state index contributed by atoms with van der Waals surface area (Å²) in [4.78, 5) is 19.2. The van der Waals surface area contributed by atoms with Gasteiger partial charge in [0.05, 0.1) is 13.2 Å². The number of fused-ring (bicyclic) bond motifs is 3. The summed E-state index contributed by atoms with van der Waals surface area (Å²) in [6.45, 7) is 8.49. The van der Waals surface area contributed by atoms with Crippen molar-refractivity contribution in [3.05, 3.63) is 0 Å². The van der Waals surface area contributed by atoms with E-state index in [0.29, 0.717) is 29.4 Å². The Labute approximate surface area is 118 Å². The minimum atomic E-state index is -0.574. The monoisotopic (exact) mass is 286 g/mol. The van der Waals surface area contributed by atoms with Gasteiger partial charge in [-0.2, -0.15) is 0 Å². The van der Waals surface area contributed by atoms with Gasteiger partial charge in [-0.25, -0.2) is 4.79 Å². The zero-order chi connectivity index (χ0) is 13.6. The predicted octanol–water partition coefficient (Wildman–Crippen LogP) is 1.93. The summed E-state index contributed by atoms with van der Waals surface area (Å²) >= 11 is 2.04. The van der Waals surface area contributed by atoms with Crippen LogP contribution in [0.5, 0.6) is 0 Å². The molecular formula is C13H22N2O3S. The molecular weight excluding hydrogens is 264 g/mol. The van der Waals surface area contributed by atoms with Gasteiger partial charge in [0.25, 0.3) is 0 Å². The zero-order valence-electron chi connectivity index (χ0n) is 11.8. The van der Waals surface area contributed by atoms with E-state index in [0.717, 1.165) is 19.0 Å². The van der Waals surface area contributed by atoms with Crippen molar-refractivity contribution in [2.75, 3.05) is 25.6 Å². The maximum absolute atomic E-state index is 11.3. The third-order valence-corrected chi connectivity index (χ3v) is 6.02. The Balaban J connectivity index is 1.59. The molecule has 3 fully saturated rings. The molecule has 19 heavy (non-hydrogen) atoms. The van der Waals surface area contributed by atoms with Crippen molar-refractivity contribution in [3.63, 3.8) is 0 Å². The molecule has 6 heteroatoms. The number of thioether (sulfide) groups is 1. The van der Waals surface area contributed by atoms with Crippen molar-refractivity contribution >= 4 is 17.9 Å². The van der Waals surface area contributed by atoms with Gasteiger partial charge in [-0.05, 0) is 33.1 Å². The average molecular weight is 286 g/mol. The van der Waals surface area contributed by atoms with Crippen LogP contribution in [0.3, 0.4) is 0 Å². The highest BCUT2D eigenvalue weighted by atomic mass is 32.2. The summed E-state index contributed by atoms with van der Waals surface area (Å²) in [5.74, 6) is 1.73. The normalized spacial score (nSPS) is 37.1. The zero-order valence-corrected chi connectivity index (χ0v) is 12.6. The summed E-state index contributed by atoms with van der Waals surface area (Å²) in [5.41, 5.74) is 0. The number of hydroxylamine groups is 2. The van der Waals surface area contributed by atoms with Crippen molar-refractivity contribution in [1.82, 2.24) is 9.96 Å². The molecule has 0 N–H and O–H groups in total. The summed E-state index contributed by atoms with van der Waals surface area (Å²) < 4.78 is 5.18. The third kappa shape index (κ3) is 2.34. The maximum atomic E-state index is 11.3. The summed E-state index contributed by atoms with van der Waals surface area (Å²) in [7, 11) is 0. The number of carbonyl (C=O) groups excluding carboxylic acids is 1. The lowest BCUT2D eigenvalue weighted by Crippen LogP contribution is -2.41. The third-order valence-electron chi connectivity index (χ3n) is 4.58. The molecule has 3 heterocycles. The number of nitrogens with zero attached hydrogens (tertiary/aromatic N) is 2. The van der Waals surface area contributed by atoms with Crippen LogP contribution in [0.25, 0.3) is 0 Å². The number of hydrogen-bond acceptors (Lipinski definition) is 6. The first-order chi connectivity index (χ1) is 9.01. The molecule has 3 aliphatic rings. The highest BCUT2D eigenvalue weighted by Gasteiger charge is 2.55. The van der Waals surface area contributed by atoms with Crippen LogP contribution in [0.15, 0.2) is 0 Å². The maximum Gasteiger partial charge on any atom is 0.527 e. The van der Waals surface area contributed by atoms with Gasteiger partial charge in [0, 0.05) is 29.3 Å². The number of rotatable bonds is 2. The second-order valence-electron chi connectivity index (χ2n) is 6.09. The molecule has 0 aromatic carbocycles. The van der Waals surface area contributed by atoms with Gasteiger partial charge in [0.2, 0.25) is 0 Å². The van der Waals surface area contributed by atoms with Crippen LogP contribution in [0.1, 0.15) is 27.2 Å². The predicted molar refractivity (Wildman–Crippen MR) is 73.7 cm³/mol. The first kappa shape index (κ1) is 13.5. The Kier molecular flexibility index (Phi) is 3.43. The first-order valence-corrected chi connectivity index (χ1v) is 7.99. The van der Waals surface area contributed by atoms with Crippen molar-refractivity contribution in [2.45, 2.75) is 44.0 Å². The Morgan fingerprint density at radius 2 is 2.21 bits per heavy atom. The molecule has 0 aromatic heterocycles. The molecule has 3 saturated heterocycles. The van der Waals surface area contributed by atoms with E-state index in [4.69, 9.17) is 9.57 Å². The molecule has 3 unspecified atom stereocenters. The van der Waals surface area contributed by atoms with E-state index in [1.165, 1.54) is 6.42 Å². The van der Waals surface area contributed by atoms with Gasteiger partial charge in [0.1, 0.15) is 0 Å². The first-order valence-electron chi connectivity index (χ1n) is 7.00. The van der Waals surface area contributed by atoms with Crippen LogP contribution < -0.4 is 0 Å². The van der Waals surface area contributed by atoms with Crippen LogP contribution >= 0.6 is 11.8 Å². The fraction of sp³-hybridized carbons (Fsp3) is 0.923. The highest BCUT2D eigenvalue weighted by Crippen LogP contribution is 2.50. The molecule has 5 nitrogen and oxygen atoms in total. The molecule has 3 rings (SSSR count). The fourth-order valence-electron chi connectivity index (χ4n) is 3.61. The number of hydrogen-bond donors (Lipinski definition) is 0. The lowest BCUT2D eigenvalue weighted by Gasteiger charge is -2.28. The minimum absolute atomic E-state index is 0.358. The molecule has 108 valence electrons. The molecule has 0 spiro atoms. The van der Waals surface area contributed by atoms with E-state index in [1.54, 1.807) is 12.0 Å². The van der Waals surface area contributed by atoms with Crippen molar-refractivity contribution in [2.24, 2.45) is 5.92 Å².